The standard InChI is InChI=1S/C42H25N3O2/c1-2-8-32-27(6-1)7-5-10-33(32)28-13-12-26-14-15-30(23-29(26)22-28)45(31-16-17-39-35(24-31)36-25-43-20-19-40(36)46-39)37-18-21-44-42-41(37)34-9-3-4-11-38(34)47-42/h1-25H. The molecule has 0 radical (unpaired) electrons. The lowest BCUT2D eigenvalue weighted by Gasteiger charge is -2.26. The van der Waals surface area contributed by atoms with Gasteiger partial charge in [-0.05, 0) is 87.3 Å². The van der Waals surface area contributed by atoms with Crippen molar-refractivity contribution < 1.29 is 8.83 Å². The van der Waals surface area contributed by atoms with Crippen LogP contribution in [0.2, 0.25) is 0 Å². The summed E-state index contributed by atoms with van der Waals surface area (Å²) in [5.41, 5.74) is 8.45. The first-order valence-electron chi connectivity index (χ1n) is 15.6. The van der Waals surface area contributed by atoms with Crippen molar-refractivity contribution in [3.63, 3.8) is 0 Å². The van der Waals surface area contributed by atoms with Crippen LogP contribution < -0.4 is 4.90 Å². The zero-order valence-electron chi connectivity index (χ0n) is 25.1. The van der Waals surface area contributed by atoms with Gasteiger partial charge < -0.3 is 13.7 Å². The van der Waals surface area contributed by atoms with Gasteiger partial charge in [-0.25, -0.2) is 4.98 Å². The SMILES string of the molecule is c1ccc2c(-c3ccc4ccc(N(c5ccc6oc7ccncc7c6c5)c5ccnc6oc7ccccc7c56)cc4c3)cccc2c1. The minimum absolute atomic E-state index is 0.603. The molecule has 10 aromatic rings. The molecule has 0 saturated carbocycles. The van der Waals surface area contributed by atoms with Crippen molar-refractivity contribution in [1.29, 1.82) is 0 Å². The van der Waals surface area contributed by atoms with Crippen LogP contribution in [0, 0.1) is 0 Å². The first-order valence-corrected chi connectivity index (χ1v) is 15.6. The predicted molar refractivity (Wildman–Crippen MR) is 192 cm³/mol. The highest BCUT2D eigenvalue weighted by atomic mass is 16.3. The summed E-state index contributed by atoms with van der Waals surface area (Å²) >= 11 is 0. The van der Waals surface area contributed by atoms with E-state index in [0.29, 0.717) is 5.71 Å². The third-order valence-corrected chi connectivity index (χ3v) is 9.19. The summed E-state index contributed by atoms with van der Waals surface area (Å²) in [5, 5.41) is 8.78. The maximum Gasteiger partial charge on any atom is 0.229 e. The maximum atomic E-state index is 6.24. The van der Waals surface area contributed by atoms with E-state index in [1.165, 1.54) is 27.3 Å². The predicted octanol–water partition coefficient (Wildman–Crippen LogP) is 11.7. The molecule has 0 atom stereocenters. The molecule has 0 unspecified atom stereocenters. The van der Waals surface area contributed by atoms with Gasteiger partial charge in [0.2, 0.25) is 5.71 Å². The molecule has 0 N–H and O–H groups in total. The van der Waals surface area contributed by atoms with Gasteiger partial charge in [-0.3, -0.25) is 4.98 Å². The minimum atomic E-state index is 0.603. The van der Waals surface area contributed by atoms with Crippen LogP contribution in [0.4, 0.5) is 17.1 Å². The molecular weight excluding hydrogens is 578 g/mol. The number of anilines is 3. The Hall–Kier alpha value is -6.46. The monoisotopic (exact) mass is 603 g/mol. The fourth-order valence-corrected chi connectivity index (χ4v) is 7.01. The third kappa shape index (κ3) is 4.03. The number of benzene rings is 6. The van der Waals surface area contributed by atoms with Crippen LogP contribution in [-0.4, -0.2) is 9.97 Å². The molecule has 4 heterocycles. The molecule has 0 amide bonds. The van der Waals surface area contributed by atoms with Gasteiger partial charge in [0.15, 0.2) is 0 Å². The summed E-state index contributed by atoms with van der Waals surface area (Å²) in [5.74, 6) is 0. The van der Waals surface area contributed by atoms with Crippen LogP contribution in [0.3, 0.4) is 0 Å². The van der Waals surface area contributed by atoms with Gasteiger partial charge in [0.1, 0.15) is 16.7 Å². The first kappa shape index (κ1) is 25.8. The fraction of sp³-hybridized carbons (Fsp3) is 0. The van der Waals surface area contributed by atoms with E-state index in [1.807, 2.05) is 42.7 Å². The lowest BCUT2D eigenvalue weighted by Crippen LogP contribution is -2.10. The summed E-state index contributed by atoms with van der Waals surface area (Å²) in [6, 6.07) is 46.9. The summed E-state index contributed by atoms with van der Waals surface area (Å²) in [4.78, 5) is 11.3. The molecule has 0 aliphatic carbocycles. The third-order valence-electron chi connectivity index (χ3n) is 9.19. The number of hydrogen-bond donors (Lipinski definition) is 0. The fourth-order valence-electron chi connectivity index (χ4n) is 7.01. The van der Waals surface area contributed by atoms with E-state index >= 15 is 0 Å². The van der Waals surface area contributed by atoms with Crippen molar-refractivity contribution in [2.45, 2.75) is 0 Å². The second-order valence-electron chi connectivity index (χ2n) is 11.9. The van der Waals surface area contributed by atoms with E-state index in [0.717, 1.165) is 60.7 Å². The molecule has 47 heavy (non-hydrogen) atoms. The zero-order chi connectivity index (χ0) is 30.9. The lowest BCUT2D eigenvalue weighted by molar-refractivity contribution is 0.654. The highest BCUT2D eigenvalue weighted by Crippen LogP contribution is 2.44. The molecule has 4 aromatic heterocycles. The molecule has 220 valence electrons. The van der Waals surface area contributed by atoms with Crippen LogP contribution >= 0.6 is 0 Å². The number of aromatic nitrogens is 2. The topological polar surface area (TPSA) is 55.3 Å². The number of para-hydroxylation sites is 1. The number of hydrogen-bond acceptors (Lipinski definition) is 5. The highest BCUT2D eigenvalue weighted by molar-refractivity contribution is 6.13. The van der Waals surface area contributed by atoms with E-state index in [-0.39, 0.29) is 0 Å². The molecule has 0 saturated heterocycles. The molecule has 0 aliphatic rings. The highest BCUT2D eigenvalue weighted by Gasteiger charge is 2.21. The van der Waals surface area contributed by atoms with Crippen LogP contribution in [0.15, 0.2) is 161 Å². The average molecular weight is 604 g/mol. The van der Waals surface area contributed by atoms with Gasteiger partial charge in [-0.1, -0.05) is 78.9 Å². The zero-order valence-corrected chi connectivity index (χ0v) is 25.1. The van der Waals surface area contributed by atoms with Crippen molar-refractivity contribution in [2.24, 2.45) is 0 Å². The van der Waals surface area contributed by atoms with Crippen molar-refractivity contribution in [2.75, 3.05) is 4.90 Å². The van der Waals surface area contributed by atoms with Gasteiger partial charge >= 0.3 is 0 Å². The summed E-state index contributed by atoms with van der Waals surface area (Å²) in [6.07, 6.45) is 5.45. The molecule has 5 nitrogen and oxygen atoms in total. The van der Waals surface area contributed by atoms with Crippen LogP contribution in [0.1, 0.15) is 0 Å². The van der Waals surface area contributed by atoms with Crippen molar-refractivity contribution in [3.8, 4) is 11.1 Å². The largest absolute Gasteiger partial charge is 0.456 e. The van der Waals surface area contributed by atoms with E-state index in [4.69, 9.17) is 8.83 Å². The molecule has 6 aromatic carbocycles. The quantitative estimate of drug-likeness (QED) is 0.200. The molecule has 0 spiro atoms. The lowest BCUT2D eigenvalue weighted by atomic mass is 9.96. The van der Waals surface area contributed by atoms with E-state index in [2.05, 4.69) is 118 Å². The van der Waals surface area contributed by atoms with Crippen LogP contribution in [0.5, 0.6) is 0 Å². The Morgan fingerprint density at radius 2 is 1.28 bits per heavy atom. The van der Waals surface area contributed by atoms with Crippen molar-refractivity contribution in [1.82, 2.24) is 9.97 Å². The van der Waals surface area contributed by atoms with E-state index < -0.39 is 0 Å². The summed E-state index contributed by atoms with van der Waals surface area (Å²) < 4.78 is 12.4. The Kier molecular flexibility index (Phi) is 5.51. The number of fused-ring (bicyclic) bond motifs is 8. The van der Waals surface area contributed by atoms with Gasteiger partial charge in [-0.2, -0.15) is 0 Å². The molecule has 0 fully saturated rings. The molecule has 5 heteroatoms. The smallest absolute Gasteiger partial charge is 0.229 e. The summed E-state index contributed by atoms with van der Waals surface area (Å²) in [7, 11) is 0. The van der Waals surface area contributed by atoms with Crippen LogP contribution in [0.25, 0.3) is 76.7 Å². The summed E-state index contributed by atoms with van der Waals surface area (Å²) in [6.45, 7) is 0. The molecule has 0 aliphatic heterocycles. The maximum absolute atomic E-state index is 6.24. The minimum Gasteiger partial charge on any atom is -0.456 e. The second-order valence-corrected chi connectivity index (χ2v) is 11.9. The molecule has 10 rings (SSSR count). The Morgan fingerprint density at radius 3 is 2.26 bits per heavy atom. The molecular formula is C42H25N3O2. The molecule has 0 bridgehead atoms. The Balaban J connectivity index is 1.23. The Morgan fingerprint density at radius 1 is 0.489 bits per heavy atom. The van der Waals surface area contributed by atoms with Gasteiger partial charge in [0.05, 0.1) is 11.1 Å². The van der Waals surface area contributed by atoms with Gasteiger partial charge in [0, 0.05) is 46.1 Å². The van der Waals surface area contributed by atoms with Crippen molar-refractivity contribution in [3.05, 3.63) is 152 Å². The number of nitrogens with zero attached hydrogens (tertiary/aromatic N) is 3. The average Bonchev–Trinajstić information content (AvgIpc) is 3.70. The second kappa shape index (κ2) is 10.0. The number of pyridine rings is 2. The van der Waals surface area contributed by atoms with Crippen molar-refractivity contribution >= 4 is 82.6 Å². The number of rotatable bonds is 4. The number of furan rings is 2. The van der Waals surface area contributed by atoms with Crippen LogP contribution in [-0.2, 0) is 0 Å². The van der Waals surface area contributed by atoms with Gasteiger partial charge in [0.25, 0.3) is 0 Å². The van der Waals surface area contributed by atoms with E-state index in [9.17, 15) is 0 Å². The van der Waals surface area contributed by atoms with Gasteiger partial charge in [-0.15, -0.1) is 0 Å². The Labute approximate surface area is 268 Å². The first-order chi connectivity index (χ1) is 23.3. The Bertz CT molecular complexity index is 2820. The van der Waals surface area contributed by atoms with E-state index in [1.54, 1.807) is 6.20 Å². The normalized spacial score (nSPS) is 11.8.